The monoisotopic (exact) mass is 486 g/mol. The van der Waals surface area contributed by atoms with Crippen molar-refractivity contribution in [2.24, 2.45) is 22.7 Å². The molecule has 0 amide bonds. The number of halogens is 3. The first kappa shape index (κ1) is 23.0. The van der Waals surface area contributed by atoms with Gasteiger partial charge in [0.25, 0.3) is 0 Å². The van der Waals surface area contributed by atoms with E-state index in [2.05, 4.69) is 0 Å². The fraction of sp³-hybridized carbons (Fsp3) is 0.750. The summed E-state index contributed by atoms with van der Waals surface area (Å²) in [5.41, 5.74) is -2.74. The summed E-state index contributed by atoms with van der Waals surface area (Å²) in [6, 6.07) is 0. The molecule has 0 bridgehead atoms. The van der Waals surface area contributed by atoms with Gasteiger partial charge < -0.3 is 14.6 Å². The lowest BCUT2D eigenvalue weighted by Gasteiger charge is -2.64. The third-order valence-corrected chi connectivity index (χ3v) is 10.7. The maximum Gasteiger partial charge on any atom is 0.193 e. The zero-order chi connectivity index (χ0) is 23.5. The van der Waals surface area contributed by atoms with Crippen molar-refractivity contribution in [3.63, 3.8) is 0 Å². The summed E-state index contributed by atoms with van der Waals surface area (Å²) < 4.78 is 28.1. The molecule has 4 fully saturated rings. The Hall–Kier alpha value is -0.790. The second-order valence-corrected chi connectivity index (χ2v) is 12.1. The lowest BCUT2D eigenvalue weighted by atomic mass is 9.46. The highest BCUT2D eigenvalue weighted by Crippen LogP contribution is 2.73. The Labute approximate surface area is 197 Å². The smallest absolute Gasteiger partial charge is 0.193 e. The van der Waals surface area contributed by atoms with Crippen molar-refractivity contribution in [2.75, 3.05) is 6.61 Å². The molecule has 0 radical (unpaired) electrons. The van der Waals surface area contributed by atoms with Crippen LogP contribution in [0.25, 0.3) is 0 Å². The van der Waals surface area contributed by atoms with Crippen LogP contribution in [0.5, 0.6) is 0 Å². The predicted molar refractivity (Wildman–Crippen MR) is 117 cm³/mol. The minimum Gasteiger partial charge on any atom is -0.388 e. The van der Waals surface area contributed by atoms with Gasteiger partial charge in [-0.05, 0) is 62.7 Å². The summed E-state index contributed by atoms with van der Waals surface area (Å²) >= 11 is 14.5. The van der Waals surface area contributed by atoms with Crippen LogP contribution in [-0.2, 0) is 19.1 Å². The molecule has 0 aromatic carbocycles. The van der Waals surface area contributed by atoms with Crippen LogP contribution in [0, 0.1) is 22.7 Å². The van der Waals surface area contributed by atoms with E-state index in [0.29, 0.717) is 18.4 Å². The molecule has 5 aliphatic rings. The predicted octanol–water partition coefficient (Wildman–Crippen LogP) is 3.88. The lowest BCUT2D eigenvalue weighted by molar-refractivity contribution is -0.213. The van der Waals surface area contributed by atoms with Crippen molar-refractivity contribution in [3.8, 4) is 0 Å². The molecule has 2 unspecified atom stereocenters. The number of carbonyl (C=O) groups is 2. The summed E-state index contributed by atoms with van der Waals surface area (Å²) in [5, 5.41) is 9.24. The first-order valence-electron chi connectivity index (χ1n) is 11.2. The lowest BCUT2D eigenvalue weighted by Crippen LogP contribution is -2.69. The number of rotatable bonds is 2. The molecule has 1 saturated heterocycles. The van der Waals surface area contributed by atoms with Crippen LogP contribution in [0.3, 0.4) is 0 Å². The molecule has 3 saturated carbocycles. The van der Waals surface area contributed by atoms with Crippen molar-refractivity contribution in [1.29, 1.82) is 0 Å². The standard InChI is InChI=1S/C24H29Cl2FO5/c1-20(2)31-19-9-13-14-8-16(27)15-7-12(29)5-6-21(15,3)23(14,26)17(25)10-22(13,4)24(19,32-20)18(30)11-28/h5-7,13-14,16-17,19,28H,8-11H2,1-4H3/t13?,14?,16-,17-,19+,21-,22-,23-,24+/m0/s1. The molecule has 4 aliphatic carbocycles. The van der Waals surface area contributed by atoms with E-state index in [1.54, 1.807) is 19.9 Å². The van der Waals surface area contributed by atoms with Gasteiger partial charge >= 0.3 is 0 Å². The number of hydrogen-bond acceptors (Lipinski definition) is 5. The molecule has 0 spiro atoms. The van der Waals surface area contributed by atoms with Gasteiger partial charge in [0, 0.05) is 10.8 Å². The van der Waals surface area contributed by atoms with Crippen molar-refractivity contribution in [3.05, 3.63) is 23.8 Å². The van der Waals surface area contributed by atoms with E-state index < -0.39 is 57.1 Å². The van der Waals surface area contributed by atoms with Crippen LogP contribution in [0.15, 0.2) is 23.8 Å². The van der Waals surface area contributed by atoms with Gasteiger partial charge in [-0.15, -0.1) is 23.2 Å². The second kappa shape index (κ2) is 6.66. The maximum absolute atomic E-state index is 15.6. The van der Waals surface area contributed by atoms with Crippen LogP contribution in [0.4, 0.5) is 4.39 Å². The average Bonchev–Trinajstić information content (AvgIpc) is 3.11. The SMILES string of the molecule is CC1(C)O[C@@H]2CC3C4C[C@H](F)C5=CC(=O)C=C[C@]5(C)[C@@]4(Cl)[C@@H](Cl)C[C@]3(C)[C@]2(C(=O)CO)O1. The number of carbonyl (C=O) groups excluding carboxylic acids is 2. The highest BCUT2D eigenvalue weighted by atomic mass is 35.5. The molecule has 1 aliphatic heterocycles. The van der Waals surface area contributed by atoms with Crippen molar-refractivity contribution in [2.45, 2.75) is 80.9 Å². The normalized spacial score (nSPS) is 53.2. The summed E-state index contributed by atoms with van der Waals surface area (Å²) in [5.74, 6) is -2.28. The van der Waals surface area contributed by atoms with E-state index in [1.165, 1.54) is 12.2 Å². The highest BCUT2D eigenvalue weighted by molar-refractivity contribution is 6.34. The molecular weight excluding hydrogens is 458 g/mol. The van der Waals surface area contributed by atoms with Crippen LogP contribution in [0.1, 0.15) is 47.0 Å². The average molecular weight is 487 g/mol. The number of hydrogen-bond donors (Lipinski definition) is 1. The van der Waals surface area contributed by atoms with Gasteiger partial charge in [0.1, 0.15) is 12.8 Å². The fourth-order valence-corrected chi connectivity index (χ4v) is 9.05. The number of aliphatic hydroxyl groups excluding tert-OH is 1. The number of ether oxygens (including phenoxy) is 2. The molecule has 32 heavy (non-hydrogen) atoms. The van der Waals surface area contributed by atoms with Gasteiger partial charge in [-0.1, -0.05) is 19.9 Å². The van der Waals surface area contributed by atoms with E-state index in [0.717, 1.165) is 0 Å². The van der Waals surface area contributed by atoms with Gasteiger partial charge in [-0.25, -0.2) is 4.39 Å². The van der Waals surface area contributed by atoms with Crippen molar-refractivity contribution >= 4 is 34.8 Å². The van der Waals surface area contributed by atoms with Crippen LogP contribution < -0.4 is 0 Å². The third-order valence-electron chi connectivity index (χ3n) is 9.14. The summed E-state index contributed by atoms with van der Waals surface area (Å²) in [7, 11) is 0. The number of aliphatic hydroxyl groups is 1. The molecule has 9 atom stereocenters. The Morgan fingerprint density at radius 1 is 1.25 bits per heavy atom. The van der Waals surface area contributed by atoms with Gasteiger partial charge in [0.05, 0.1) is 16.4 Å². The summed E-state index contributed by atoms with van der Waals surface area (Å²) in [6.07, 6.45) is 3.47. The van der Waals surface area contributed by atoms with E-state index in [1.807, 2.05) is 13.8 Å². The third kappa shape index (κ3) is 2.46. The highest BCUT2D eigenvalue weighted by Gasteiger charge is 2.79. The van der Waals surface area contributed by atoms with E-state index in [4.69, 9.17) is 32.7 Å². The Bertz CT molecular complexity index is 964. The van der Waals surface area contributed by atoms with E-state index >= 15 is 4.39 Å². The topological polar surface area (TPSA) is 72.8 Å². The van der Waals surface area contributed by atoms with Crippen molar-refractivity contribution < 1.29 is 28.6 Å². The molecule has 5 nitrogen and oxygen atoms in total. The first-order valence-corrected chi connectivity index (χ1v) is 12.0. The number of alkyl halides is 3. The molecule has 8 heteroatoms. The minimum absolute atomic E-state index is 0.106. The van der Waals surface area contributed by atoms with Crippen LogP contribution >= 0.6 is 23.2 Å². The van der Waals surface area contributed by atoms with E-state index in [9.17, 15) is 14.7 Å². The number of Topliss-reactive ketones (excluding diaryl/α,β-unsaturated/α-hetero) is 1. The Morgan fingerprint density at radius 2 is 1.94 bits per heavy atom. The van der Waals surface area contributed by atoms with Gasteiger partial charge in [-0.2, -0.15) is 0 Å². The molecule has 5 rings (SSSR count). The maximum atomic E-state index is 15.6. The minimum atomic E-state index is -1.37. The Kier molecular flexibility index (Phi) is 4.78. The summed E-state index contributed by atoms with van der Waals surface area (Å²) in [6.45, 7) is 6.63. The first-order chi connectivity index (χ1) is 14.8. The number of fused-ring (bicyclic) bond motifs is 7. The molecule has 0 aromatic rings. The quantitative estimate of drug-likeness (QED) is 0.599. The van der Waals surface area contributed by atoms with Gasteiger partial charge in [-0.3, -0.25) is 9.59 Å². The summed E-state index contributed by atoms with van der Waals surface area (Å²) in [4.78, 5) is 24.2. The fourth-order valence-electron chi connectivity index (χ4n) is 7.85. The second-order valence-electron chi connectivity index (χ2n) is 11.0. The molecule has 0 aromatic heterocycles. The van der Waals surface area contributed by atoms with Crippen molar-refractivity contribution in [1.82, 2.24) is 0 Å². The number of ketones is 2. The molecule has 176 valence electrons. The molecular formula is C24H29Cl2FO5. The zero-order valence-corrected chi connectivity index (χ0v) is 20.2. The zero-order valence-electron chi connectivity index (χ0n) is 18.7. The van der Waals surface area contributed by atoms with E-state index in [-0.39, 0.29) is 24.0 Å². The number of allylic oxidation sites excluding steroid dienone is 4. The Balaban J connectivity index is 1.66. The largest absolute Gasteiger partial charge is 0.388 e. The van der Waals surface area contributed by atoms with Crippen LogP contribution in [-0.4, -0.2) is 57.2 Å². The Morgan fingerprint density at radius 3 is 2.59 bits per heavy atom. The molecule has 1 N–H and O–H groups in total. The van der Waals surface area contributed by atoms with Crippen LogP contribution in [0.2, 0.25) is 0 Å². The van der Waals surface area contributed by atoms with Gasteiger partial charge in [0.2, 0.25) is 0 Å². The van der Waals surface area contributed by atoms with Gasteiger partial charge in [0.15, 0.2) is 23.0 Å². The molecule has 1 heterocycles.